The van der Waals surface area contributed by atoms with Gasteiger partial charge in [-0.1, -0.05) is 42.5 Å². The predicted octanol–water partition coefficient (Wildman–Crippen LogP) is 3.83. The molecule has 0 unspecified atom stereocenters. The molecule has 1 fully saturated rings. The second kappa shape index (κ2) is 12.3. The maximum Gasteiger partial charge on any atom is 0.258 e. The fourth-order valence-corrected chi connectivity index (χ4v) is 5.27. The Bertz CT molecular complexity index is 1540. The summed E-state index contributed by atoms with van der Waals surface area (Å²) in [7, 11) is 1.52. The molecule has 2 atom stereocenters. The van der Waals surface area contributed by atoms with Crippen molar-refractivity contribution in [1.29, 1.82) is 0 Å². The van der Waals surface area contributed by atoms with Crippen LogP contribution in [0.25, 0.3) is 11.1 Å². The van der Waals surface area contributed by atoms with E-state index in [1.807, 2.05) is 42.6 Å². The van der Waals surface area contributed by atoms with Crippen LogP contribution in [-0.4, -0.2) is 60.7 Å². The van der Waals surface area contributed by atoms with Crippen molar-refractivity contribution in [2.75, 3.05) is 26.8 Å². The molecule has 7 rings (SSSR count). The SMILES string of the molecule is COc1ccc2cc1OCC(=O)NCc1ccc(cc1)O[C@H]1CN(Cc3ccc(-c4cccnc4)cc3)C[C@@H]1NC2=O. The van der Waals surface area contributed by atoms with Crippen molar-refractivity contribution in [1.82, 2.24) is 20.5 Å². The lowest BCUT2D eigenvalue weighted by atomic mass is 10.1. The van der Waals surface area contributed by atoms with Crippen molar-refractivity contribution < 1.29 is 23.8 Å². The average Bonchev–Trinajstić information content (AvgIpc) is 3.39. The second-order valence-corrected chi connectivity index (χ2v) is 10.4. The number of amides is 2. The molecule has 42 heavy (non-hydrogen) atoms. The summed E-state index contributed by atoms with van der Waals surface area (Å²) in [6.45, 7) is 2.14. The Hall–Kier alpha value is -4.89. The van der Waals surface area contributed by atoms with Crippen LogP contribution in [0.4, 0.5) is 0 Å². The first-order chi connectivity index (χ1) is 20.5. The van der Waals surface area contributed by atoms with Gasteiger partial charge in [-0.05, 0) is 58.7 Å². The highest BCUT2D eigenvalue weighted by Gasteiger charge is 2.36. The fourth-order valence-electron chi connectivity index (χ4n) is 5.27. The maximum absolute atomic E-state index is 13.4. The van der Waals surface area contributed by atoms with Crippen LogP contribution in [0.5, 0.6) is 17.2 Å². The van der Waals surface area contributed by atoms with Crippen LogP contribution in [0.3, 0.4) is 0 Å². The van der Waals surface area contributed by atoms with Gasteiger partial charge in [0.25, 0.3) is 11.8 Å². The van der Waals surface area contributed by atoms with Gasteiger partial charge in [-0.15, -0.1) is 0 Å². The van der Waals surface area contributed by atoms with E-state index >= 15 is 0 Å². The minimum Gasteiger partial charge on any atom is -0.493 e. The van der Waals surface area contributed by atoms with E-state index < -0.39 is 0 Å². The summed E-state index contributed by atoms with van der Waals surface area (Å²) in [5, 5.41) is 6.03. The smallest absolute Gasteiger partial charge is 0.258 e. The quantitative estimate of drug-likeness (QED) is 0.389. The van der Waals surface area contributed by atoms with Gasteiger partial charge in [0.1, 0.15) is 11.9 Å². The minimum atomic E-state index is -0.280. The number of likely N-dealkylation sites (tertiary alicyclic amines) is 1. The van der Waals surface area contributed by atoms with E-state index in [0.29, 0.717) is 42.4 Å². The van der Waals surface area contributed by atoms with E-state index in [0.717, 1.165) is 23.2 Å². The number of nitrogens with zero attached hydrogens (tertiary/aromatic N) is 2. The zero-order valence-electron chi connectivity index (χ0n) is 23.3. The highest BCUT2D eigenvalue weighted by atomic mass is 16.5. The van der Waals surface area contributed by atoms with E-state index in [9.17, 15) is 9.59 Å². The number of ether oxygens (including phenoxy) is 3. The predicted molar refractivity (Wildman–Crippen MR) is 157 cm³/mol. The zero-order valence-corrected chi connectivity index (χ0v) is 23.3. The summed E-state index contributed by atoms with van der Waals surface area (Å²) in [5.74, 6) is 0.932. The van der Waals surface area contributed by atoms with Crippen LogP contribution in [0, 0.1) is 0 Å². The molecular formula is C33H32N4O5. The molecule has 3 aliphatic rings. The van der Waals surface area contributed by atoms with Gasteiger partial charge in [0.2, 0.25) is 0 Å². The number of fused-ring (bicyclic) bond motifs is 7. The number of methoxy groups -OCH3 is 1. The Labute approximate surface area is 244 Å². The Morgan fingerprint density at radius 2 is 1.76 bits per heavy atom. The number of carbonyl (C=O) groups excluding carboxylic acids is 2. The van der Waals surface area contributed by atoms with Gasteiger partial charge in [0.15, 0.2) is 18.1 Å². The van der Waals surface area contributed by atoms with Crippen molar-refractivity contribution in [3.8, 4) is 28.4 Å². The van der Waals surface area contributed by atoms with Gasteiger partial charge in [-0.2, -0.15) is 0 Å². The van der Waals surface area contributed by atoms with Crippen molar-refractivity contribution in [3.05, 3.63) is 108 Å². The fraction of sp³-hybridized carbons (Fsp3) is 0.242. The third-order valence-electron chi connectivity index (χ3n) is 7.50. The number of pyridine rings is 1. The molecular weight excluding hydrogens is 532 g/mol. The number of carbonyl (C=O) groups is 2. The minimum absolute atomic E-state index is 0.203. The van der Waals surface area contributed by atoms with Crippen molar-refractivity contribution >= 4 is 11.8 Å². The monoisotopic (exact) mass is 564 g/mol. The van der Waals surface area contributed by atoms with E-state index in [2.05, 4.69) is 44.8 Å². The van der Waals surface area contributed by atoms with Crippen LogP contribution in [0.1, 0.15) is 21.5 Å². The number of rotatable bonds is 4. The molecule has 3 aliphatic heterocycles. The highest BCUT2D eigenvalue weighted by molar-refractivity contribution is 5.95. The molecule has 0 aliphatic carbocycles. The molecule has 214 valence electrons. The highest BCUT2D eigenvalue weighted by Crippen LogP contribution is 2.29. The molecule has 9 nitrogen and oxygen atoms in total. The molecule has 2 amide bonds. The van der Waals surface area contributed by atoms with E-state index in [4.69, 9.17) is 14.2 Å². The molecule has 4 heterocycles. The lowest BCUT2D eigenvalue weighted by Gasteiger charge is -2.21. The lowest BCUT2D eigenvalue weighted by Crippen LogP contribution is -2.45. The summed E-state index contributed by atoms with van der Waals surface area (Å²) in [6, 6.07) is 24.8. The molecule has 2 N–H and O–H groups in total. The number of nitrogens with one attached hydrogen (secondary N) is 2. The molecule has 0 spiro atoms. The summed E-state index contributed by atoms with van der Waals surface area (Å²) in [6.07, 6.45) is 3.36. The van der Waals surface area contributed by atoms with Crippen molar-refractivity contribution in [2.45, 2.75) is 25.2 Å². The summed E-state index contributed by atoms with van der Waals surface area (Å²) in [4.78, 5) is 32.3. The molecule has 3 aromatic carbocycles. The summed E-state index contributed by atoms with van der Waals surface area (Å²) < 4.78 is 17.6. The third-order valence-corrected chi connectivity index (χ3v) is 7.50. The van der Waals surface area contributed by atoms with Crippen molar-refractivity contribution in [2.24, 2.45) is 0 Å². The number of aromatic nitrogens is 1. The van der Waals surface area contributed by atoms with Crippen LogP contribution >= 0.6 is 0 Å². The van der Waals surface area contributed by atoms with Gasteiger partial charge in [0, 0.05) is 44.1 Å². The number of hydrogen-bond donors (Lipinski definition) is 2. The number of benzene rings is 3. The van der Waals surface area contributed by atoms with E-state index in [1.54, 1.807) is 24.4 Å². The second-order valence-electron chi connectivity index (χ2n) is 10.4. The van der Waals surface area contributed by atoms with E-state index in [1.165, 1.54) is 12.7 Å². The molecule has 0 saturated carbocycles. The summed E-state index contributed by atoms with van der Waals surface area (Å²) in [5.41, 5.74) is 4.71. The zero-order chi connectivity index (χ0) is 28.9. The van der Waals surface area contributed by atoms with Gasteiger partial charge < -0.3 is 24.8 Å². The van der Waals surface area contributed by atoms with Crippen LogP contribution in [0.2, 0.25) is 0 Å². The first-order valence-electron chi connectivity index (χ1n) is 13.9. The Morgan fingerprint density at radius 1 is 0.952 bits per heavy atom. The maximum atomic E-state index is 13.4. The molecule has 4 bridgehead atoms. The normalized spacial score (nSPS) is 19.1. The van der Waals surface area contributed by atoms with Gasteiger partial charge >= 0.3 is 0 Å². The van der Waals surface area contributed by atoms with Crippen LogP contribution in [0.15, 0.2) is 91.3 Å². The molecule has 1 saturated heterocycles. The Balaban J connectivity index is 1.23. The lowest BCUT2D eigenvalue weighted by molar-refractivity contribution is -0.123. The van der Waals surface area contributed by atoms with Gasteiger partial charge in [-0.25, -0.2) is 0 Å². The molecule has 4 aromatic rings. The third kappa shape index (κ3) is 6.37. The van der Waals surface area contributed by atoms with Crippen molar-refractivity contribution in [3.63, 3.8) is 0 Å². The van der Waals surface area contributed by atoms with Crippen LogP contribution in [-0.2, 0) is 17.9 Å². The Kier molecular flexibility index (Phi) is 8.00. The van der Waals surface area contributed by atoms with Gasteiger partial charge in [0.05, 0.1) is 13.2 Å². The first-order valence-corrected chi connectivity index (χ1v) is 13.9. The molecule has 9 heteroatoms. The standard InChI is InChI=1S/C33H32N4O5/c1-40-29-13-10-25-15-30(29)41-21-32(38)35-16-22-6-11-27(12-7-22)42-31-20-37(19-28(31)36-33(25)39)18-23-4-8-24(9-5-23)26-3-2-14-34-17-26/h2-15,17,28,31H,16,18-21H2,1H3,(H,35,38)(H,36,39)/t28-,31-/m0/s1. The Morgan fingerprint density at radius 3 is 2.52 bits per heavy atom. The molecule has 0 radical (unpaired) electrons. The molecule has 1 aromatic heterocycles. The van der Waals surface area contributed by atoms with Gasteiger partial charge in [-0.3, -0.25) is 19.5 Å². The first kappa shape index (κ1) is 27.3. The summed E-state index contributed by atoms with van der Waals surface area (Å²) >= 11 is 0. The van der Waals surface area contributed by atoms with Crippen LogP contribution < -0.4 is 24.8 Å². The van der Waals surface area contributed by atoms with E-state index in [-0.39, 0.29) is 30.6 Å². The average molecular weight is 565 g/mol. The number of hydrogen-bond acceptors (Lipinski definition) is 7. The topological polar surface area (TPSA) is 102 Å². The largest absolute Gasteiger partial charge is 0.493 e.